The van der Waals surface area contributed by atoms with Crippen molar-refractivity contribution in [2.45, 2.75) is 24.2 Å². The Hall–Kier alpha value is -5.68. The van der Waals surface area contributed by atoms with Gasteiger partial charge in [-0.1, -0.05) is 65.7 Å². The summed E-state index contributed by atoms with van der Waals surface area (Å²) in [6.45, 7) is 0. The molecule has 250 valence electrons. The van der Waals surface area contributed by atoms with Gasteiger partial charge < -0.3 is 5.11 Å². The maximum absolute atomic E-state index is 15.2. The summed E-state index contributed by atoms with van der Waals surface area (Å²) in [6.07, 6.45) is 2.01. The van der Waals surface area contributed by atoms with E-state index in [1.807, 2.05) is 6.08 Å². The van der Waals surface area contributed by atoms with Crippen molar-refractivity contribution in [1.82, 2.24) is 0 Å². The summed E-state index contributed by atoms with van der Waals surface area (Å²) in [5.74, 6) is -7.97. The number of imide groups is 2. The lowest BCUT2D eigenvalue weighted by atomic mass is 9.49. The number of allylic oxidation sites excluding steroid dienone is 2. The summed E-state index contributed by atoms with van der Waals surface area (Å²) in [4.78, 5) is 71.0. The number of aromatic hydroxyl groups is 1. The van der Waals surface area contributed by atoms with Gasteiger partial charge in [0, 0.05) is 23.1 Å². The van der Waals surface area contributed by atoms with Crippen LogP contribution in [0.1, 0.15) is 29.9 Å². The quantitative estimate of drug-likeness (QED) is 0.110. The van der Waals surface area contributed by atoms with Gasteiger partial charge in [0.1, 0.15) is 0 Å². The Morgan fingerprint density at radius 3 is 2.24 bits per heavy atom. The first-order valence-corrected chi connectivity index (χ1v) is 16.4. The highest BCUT2D eigenvalue weighted by Crippen LogP contribution is 2.64. The minimum Gasteiger partial charge on any atom is -0.505 e. The molecule has 2 aliphatic carbocycles. The first kappa shape index (κ1) is 31.6. The molecule has 4 aliphatic rings. The molecule has 2 saturated heterocycles. The molecule has 6 unspecified atom stereocenters. The van der Waals surface area contributed by atoms with Gasteiger partial charge in [-0.3, -0.25) is 34.2 Å². The Labute approximate surface area is 289 Å². The van der Waals surface area contributed by atoms with Gasteiger partial charge in [0.05, 0.1) is 39.5 Å². The van der Waals surface area contributed by atoms with E-state index in [1.54, 1.807) is 48.5 Å². The van der Waals surface area contributed by atoms with Gasteiger partial charge in [0.15, 0.2) is 11.6 Å². The first-order chi connectivity index (χ1) is 24.0. The lowest BCUT2D eigenvalue weighted by Crippen LogP contribution is -2.53. The number of nitrogens with zero attached hydrogens (tertiary/aromatic N) is 3. The van der Waals surface area contributed by atoms with Gasteiger partial charge in [0.2, 0.25) is 23.6 Å². The van der Waals surface area contributed by atoms with Crippen LogP contribution < -0.4 is 9.80 Å². The molecule has 2 heterocycles. The first-order valence-electron chi connectivity index (χ1n) is 16.0. The number of nitro benzene ring substituents is 1. The Kier molecular flexibility index (Phi) is 7.23. The fourth-order valence-corrected chi connectivity index (χ4v) is 8.98. The van der Waals surface area contributed by atoms with Crippen molar-refractivity contribution in [3.05, 3.63) is 141 Å². The van der Waals surface area contributed by atoms with E-state index in [1.165, 1.54) is 42.5 Å². The number of carbonyl (C=O) groups excluding carboxylic acids is 4. The molecule has 0 bridgehead atoms. The van der Waals surface area contributed by atoms with E-state index in [2.05, 4.69) is 0 Å². The molecule has 2 aliphatic heterocycles. The molecule has 50 heavy (non-hydrogen) atoms. The molecule has 4 aromatic carbocycles. The second-order valence-corrected chi connectivity index (χ2v) is 13.5. The van der Waals surface area contributed by atoms with E-state index in [4.69, 9.17) is 11.6 Å². The Morgan fingerprint density at radius 1 is 0.820 bits per heavy atom. The van der Waals surface area contributed by atoms with Crippen molar-refractivity contribution in [3.8, 4) is 5.75 Å². The van der Waals surface area contributed by atoms with Crippen LogP contribution in [0.4, 0.5) is 21.5 Å². The Bertz CT molecular complexity index is 2170. The minimum atomic E-state index is -1.59. The van der Waals surface area contributed by atoms with Gasteiger partial charge in [-0.15, -0.1) is 0 Å². The number of nitro groups is 1. The number of hydrogen-bond acceptors (Lipinski definition) is 7. The van der Waals surface area contributed by atoms with Crippen molar-refractivity contribution in [2.75, 3.05) is 9.80 Å². The minimum absolute atomic E-state index is 0.0354. The Morgan fingerprint density at radius 2 is 1.56 bits per heavy atom. The number of benzene rings is 4. The fraction of sp³-hybridized carbons (Fsp3) is 0.211. The molecule has 0 aromatic heterocycles. The molecular formula is C38H27ClFN3O7. The lowest BCUT2D eigenvalue weighted by molar-refractivity contribution is -0.384. The molecular weight excluding hydrogens is 665 g/mol. The molecule has 10 nitrogen and oxygen atoms in total. The van der Waals surface area contributed by atoms with E-state index >= 15 is 9.18 Å². The summed E-state index contributed by atoms with van der Waals surface area (Å²) in [5.41, 5.74) is 0.124. The van der Waals surface area contributed by atoms with Crippen molar-refractivity contribution in [3.63, 3.8) is 0 Å². The van der Waals surface area contributed by atoms with Crippen molar-refractivity contribution >= 4 is 52.3 Å². The van der Waals surface area contributed by atoms with E-state index in [-0.39, 0.29) is 29.9 Å². The molecule has 12 heteroatoms. The highest BCUT2D eigenvalue weighted by molar-refractivity contribution is 6.32. The van der Waals surface area contributed by atoms with Crippen LogP contribution in [0.3, 0.4) is 0 Å². The van der Waals surface area contributed by atoms with Gasteiger partial charge in [-0.25, -0.2) is 9.29 Å². The van der Waals surface area contributed by atoms with Gasteiger partial charge in [-0.2, -0.15) is 0 Å². The SMILES string of the molecule is O=C1C2CC=C3C(CC4C(=O)N(c5cccc(Cl)c5)C(=O)C4(c4ccccc4)C3c3ccc(O)c(F)c3)C2C(=O)N1c1ccc([N+](=O)[O-])cc1. The topological polar surface area (TPSA) is 138 Å². The van der Waals surface area contributed by atoms with Crippen LogP contribution in [0.2, 0.25) is 5.02 Å². The summed E-state index contributed by atoms with van der Waals surface area (Å²) < 4.78 is 15.2. The number of anilines is 2. The molecule has 8 rings (SSSR count). The van der Waals surface area contributed by atoms with Crippen LogP contribution in [0.25, 0.3) is 0 Å². The van der Waals surface area contributed by atoms with Gasteiger partial charge >= 0.3 is 0 Å². The maximum atomic E-state index is 15.2. The molecule has 1 N–H and O–H groups in total. The third-order valence-electron chi connectivity index (χ3n) is 10.8. The average molecular weight is 692 g/mol. The summed E-state index contributed by atoms with van der Waals surface area (Å²) in [7, 11) is 0. The monoisotopic (exact) mass is 691 g/mol. The number of halogens is 2. The molecule has 6 atom stereocenters. The molecule has 4 aromatic rings. The number of amides is 4. The lowest BCUT2D eigenvalue weighted by Gasteiger charge is -2.50. The number of phenolic OH excluding ortho intramolecular Hbond substituents is 1. The standard InChI is InChI=1S/C38H27ClFN3O7/c39-22-7-4-8-25(18-22)42-35(46)29-19-28-26(14-15-27-32(28)36(47)41(34(27)45)23-10-12-24(13-11-23)43(49)50)33(20-9-16-31(44)30(40)17-20)38(29,37(42)48)21-5-2-1-3-6-21/h1-14,16-18,27-29,32-33,44H,15,19H2. The van der Waals surface area contributed by atoms with Crippen LogP contribution in [0.5, 0.6) is 5.75 Å². The van der Waals surface area contributed by atoms with Gasteiger partial charge in [0.25, 0.3) is 5.69 Å². The summed E-state index contributed by atoms with van der Waals surface area (Å²) >= 11 is 6.33. The third kappa shape index (κ3) is 4.39. The number of fused-ring (bicyclic) bond motifs is 4. The number of non-ortho nitro benzene ring substituents is 1. The maximum Gasteiger partial charge on any atom is 0.269 e. The zero-order chi connectivity index (χ0) is 35.1. The second kappa shape index (κ2) is 11.4. The zero-order valence-electron chi connectivity index (χ0n) is 26.1. The molecule has 3 fully saturated rings. The van der Waals surface area contributed by atoms with Crippen LogP contribution in [-0.4, -0.2) is 33.7 Å². The normalized spacial score (nSPS) is 27.2. The Balaban J connectivity index is 1.33. The smallest absolute Gasteiger partial charge is 0.269 e. The highest BCUT2D eigenvalue weighted by Gasteiger charge is 2.70. The van der Waals surface area contributed by atoms with Crippen LogP contribution >= 0.6 is 11.6 Å². The van der Waals surface area contributed by atoms with Gasteiger partial charge in [-0.05, 0) is 72.4 Å². The predicted molar refractivity (Wildman–Crippen MR) is 180 cm³/mol. The highest BCUT2D eigenvalue weighted by atomic mass is 35.5. The van der Waals surface area contributed by atoms with E-state index in [0.717, 1.165) is 15.9 Å². The van der Waals surface area contributed by atoms with E-state index in [0.29, 0.717) is 21.7 Å². The second-order valence-electron chi connectivity index (χ2n) is 13.1. The van der Waals surface area contributed by atoms with Crippen LogP contribution in [-0.2, 0) is 24.6 Å². The summed E-state index contributed by atoms with van der Waals surface area (Å²) in [6, 6.07) is 24.2. The average Bonchev–Trinajstić information content (AvgIpc) is 3.50. The molecule has 4 amide bonds. The molecule has 1 saturated carbocycles. The summed E-state index contributed by atoms with van der Waals surface area (Å²) in [5, 5.41) is 21.7. The van der Waals surface area contributed by atoms with E-state index < -0.39 is 75.1 Å². The largest absolute Gasteiger partial charge is 0.505 e. The predicted octanol–water partition coefficient (Wildman–Crippen LogP) is 6.46. The number of rotatable bonds is 5. The molecule has 0 radical (unpaired) electrons. The van der Waals surface area contributed by atoms with E-state index in [9.17, 15) is 29.6 Å². The van der Waals surface area contributed by atoms with Crippen molar-refractivity contribution < 1.29 is 33.6 Å². The fourth-order valence-electron chi connectivity index (χ4n) is 8.80. The van der Waals surface area contributed by atoms with Crippen molar-refractivity contribution in [1.29, 1.82) is 0 Å². The number of hydrogen-bond donors (Lipinski definition) is 1. The number of phenols is 1. The van der Waals surface area contributed by atoms with Crippen LogP contribution in [0.15, 0.2) is 109 Å². The third-order valence-corrected chi connectivity index (χ3v) is 11.0. The number of carbonyl (C=O) groups is 4. The molecule has 0 spiro atoms. The van der Waals surface area contributed by atoms with Crippen LogP contribution in [0, 0.1) is 39.6 Å². The van der Waals surface area contributed by atoms with Crippen molar-refractivity contribution in [2.24, 2.45) is 23.7 Å². The zero-order valence-corrected chi connectivity index (χ0v) is 26.9.